The lowest BCUT2D eigenvalue weighted by molar-refractivity contribution is 1.08. The van der Waals surface area contributed by atoms with E-state index in [0.29, 0.717) is 17.5 Å². The maximum absolute atomic E-state index is 5.33. The van der Waals surface area contributed by atoms with Gasteiger partial charge in [0.05, 0.1) is 0 Å². The molecule has 0 radical (unpaired) electrons. The van der Waals surface area contributed by atoms with Gasteiger partial charge in [-0.15, -0.1) is 16.4 Å². The van der Waals surface area contributed by atoms with E-state index in [1.165, 1.54) is 70.8 Å². The molecule has 10 rings (SSSR count). The molecule has 1 heterocycles. The van der Waals surface area contributed by atoms with Crippen LogP contribution in [0.4, 0.5) is 0 Å². The van der Waals surface area contributed by atoms with Crippen molar-refractivity contribution in [1.82, 2.24) is 15.0 Å². The van der Waals surface area contributed by atoms with Crippen molar-refractivity contribution in [3.05, 3.63) is 158 Å². The summed E-state index contributed by atoms with van der Waals surface area (Å²) in [6, 6.07) is 56.7. The van der Waals surface area contributed by atoms with E-state index in [1.807, 2.05) is 0 Å². The largest absolute Gasteiger partial charge is 0.208 e. The highest BCUT2D eigenvalue weighted by atomic mass is 15.0. The number of nitrogens with zero attached hydrogens (tertiary/aromatic N) is 3. The van der Waals surface area contributed by atoms with Crippen LogP contribution in [0, 0.1) is 0 Å². The molecule has 0 aliphatic heterocycles. The highest BCUT2D eigenvalue weighted by Crippen LogP contribution is 2.36. The Balaban J connectivity index is 1.12. The van der Waals surface area contributed by atoms with Crippen LogP contribution >= 0.6 is 0 Å². The molecular weight excluding hydrogens is 685 g/mol. The first-order valence-corrected chi connectivity index (χ1v) is 19.7. The van der Waals surface area contributed by atoms with Crippen molar-refractivity contribution >= 4 is 110 Å². The summed E-state index contributed by atoms with van der Waals surface area (Å²) < 4.78 is 0. The van der Waals surface area contributed by atoms with Crippen LogP contribution in [0.25, 0.3) is 99.5 Å². The van der Waals surface area contributed by atoms with Gasteiger partial charge in [-0.05, 0) is 89.6 Å². The smallest absolute Gasteiger partial charge is 0.164 e. The maximum Gasteiger partial charge on any atom is 0.164 e. The molecule has 3 nitrogen and oxygen atoms in total. The zero-order valence-electron chi connectivity index (χ0n) is 32.9. The summed E-state index contributed by atoms with van der Waals surface area (Å²) in [6.07, 6.45) is 0. The first-order chi connectivity index (χ1) is 27.8. The molecule has 8 heteroatoms. The molecule has 9 aromatic carbocycles. The van der Waals surface area contributed by atoms with Crippen molar-refractivity contribution in [3.8, 4) is 56.4 Å². The van der Waals surface area contributed by atoms with Crippen molar-refractivity contribution in [2.24, 2.45) is 0 Å². The average Bonchev–Trinajstić information content (AvgIpc) is 3.27. The van der Waals surface area contributed by atoms with E-state index in [-0.39, 0.29) is 0 Å². The van der Waals surface area contributed by atoms with E-state index in [2.05, 4.69) is 197 Å². The fraction of sp³-hybridized carbons (Fsp3) is 0. The number of hydrogen-bond acceptors (Lipinski definition) is 3. The van der Waals surface area contributed by atoms with Gasteiger partial charge in [-0.2, -0.15) is 0 Å². The normalized spacial score (nSPS) is 11.5. The highest BCUT2D eigenvalue weighted by Gasteiger charge is 2.20. The SMILES string of the molecule is Bc1c(B)c(B)c(-c2nc(-c3cccc(-c4ccc5cc(-c6cccc7ccccc67)ccc5c4)c3)nc(-c3cc4ccccc4c4ccccc34)n2)c(B)c1B. The van der Waals surface area contributed by atoms with Crippen molar-refractivity contribution in [1.29, 1.82) is 0 Å². The summed E-state index contributed by atoms with van der Waals surface area (Å²) in [5, 5.41) is 9.62. The molecular formula is C49H36B5N3. The minimum atomic E-state index is 0.657. The first-order valence-electron chi connectivity index (χ1n) is 19.7. The second-order valence-electron chi connectivity index (χ2n) is 15.4. The molecule has 0 spiro atoms. The van der Waals surface area contributed by atoms with E-state index < -0.39 is 0 Å². The van der Waals surface area contributed by atoms with Crippen LogP contribution in [0.15, 0.2) is 158 Å². The van der Waals surface area contributed by atoms with Gasteiger partial charge in [0, 0.05) is 16.7 Å². The van der Waals surface area contributed by atoms with Gasteiger partial charge in [0.25, 0.3) is 0 Å². The fourth-order valence-corrected chi connectivity index (χ4v) is 8.72. The van der Waals surface area contributed by atoms with Crippen LogP contribution in [-0.2, 0) is 0 Å². The topological polar surface area (TPSA) is 38.7 Å². The average molecular weight is 721 g/mol. The number of hydrogen-bond donors (Lipinski definition) is 0. The Morgan fingerprint density at radius 1 is 0.281 bits per heavy atom. The minimum Gasteiger partial charge on any atom is -0.208 e. The van der Waals surface area contributed by atoms with Gasteiger partial charge in [-0.25, -0.2) is 15.0 Å². The molecule has 0 aliphatic rings. The van der Waals surface area contributed by atoms with Gasteiger partial charge in [-0.1, -0.05) is 144 Å². The van der Waals surface area contributed by atoms with Gasteiger partial charge < -0.3 is 0 Å². The van der Waals surface area contributed by atoms with Crippen LogP contribution in [0.2, 0.25) is 0 Å². The van der Waals surface area contributed by atoms with Crippen molar-refractivity contribution < 1.29 is 0 Å². The summed E-state index contributed by atoms with van der Waals surface area (Å²) in [6.45, 7) is 0. The van der Waals surface area contributed by atoms with Crippen LogP contribution in [-0.4, -0.2) is 54.2 Å². The first kappa shape index (κ1) is 34.8. The summed E-state index contributed by atoms with van der Waals surface area (Å²) in [4.78, 5) is 15.9. The predicted molar refractivity (Wildman–Crippen MR) is 258 cm³/mol. The van der Waals surface area contributed by atoms with Gasteiger partial charge in [0.2, 0.25) is 0 Å². The predicted octanol–water partition coefficient (Wildman–Crippen LogP) is 4.11. The molecule has 0 amide bonds. The molecule has 10 aromatic rings. The Labute approximate surface area is 337 Å². The number of aromatic nitrogens is 3. The second-order valence-corrected chi connectivity index (χ2v) is 15.4. The lowest BCUT2D eigenvalue weighted by atomic mass is 9.60. The Kier molecular flexibility index (Phi) is 8.45. The lowest BCUT2D eigenvalue weighted by Gasteiger charge is -2.20. The minimum absolute atomic E-state index is 0.657. The van der Waals surface area contributed by atoms with E-state index in [0.717, 1.165) is 38.6 Å². The zero-order valence-corrected chi connectivity index (χ0v) is 32.9. The molecule has 0 fully saturated rings. The third kappa shape index (κ3) is 5.95. The van der Waals surface area contributed by atoms with Crippen molar-refractivity contribution in [2.45, 2.75) is 0 Å². The molecule has 0 saturated heterocycles. The van der Waals surface area contributed by atoms with E-state index in [9.17, 15) is 0 Å². The zero-order chi connectivity index (χ0) is 38.8. The number of fused-ring (bicyclic) bond motifs is 5. The van der Waals surface area contributed by atoms with E-state index >= 15 is 0 Å². The van der Waals surface area contributed by atoms with Crippen molar-refractivity contribution in [3.63, 3.8) is 0 Å². The summed E-state index contributed by atoms with van der Waals surface area (Å²) >= 11 is 0. The Hall–Kier alpha value is -6.65. The quantitative estimate of drug-likeness (QED) is 0.199. The van der Waals surface area contributed by atoms with E-state index in [1.54, 1.807) is 0 Å². The van der Waals surface area contributed by atoms with Crippen LogP contribution in [0.5, 0.6) is 0 Å². The summed E-state index contributed by atoms with van der Waals surface area (Å²) in [5.74, 6) is 2.03. The molecule has 0 aliphatic carbocycles. The number of rotatable bonds is 5. The third-order valence-corrected chi connectivity index (χ3v) is 12.3. The monoisotopic (exact) mass is 721 g/mol. The molecule has 1 aromatic heterocycles. The fourth-order valence-electron chi connectivity index (χ4n) is 8.72. The third-order valence-electron chi connectivity index (χ3n) is 12.3. The molecule has 0 atom stereocenters. The summed E-state index contributed by atoms with van der Waals surface area (Å²) in [5.41, 5.74) is 14.0. The lowest BCUT2D eigenvalue weighted by Crippen LogP contribution is -2.55. The summed E-state index contributed by atoms with van der Waals surface area (Å²) in [7, 11) is 11.0. The molecule has 0 N–H and O–H groups in total. The highest BCUT2D eigenvalue weighted by molar-refractivity contribution is 6.68. The Bertz CT molecular complexity index is 3240. The van der Waals surface area contributed by atoms with Crippen LogP contribution in [0.1, 0.15) is 0 Å². The molecule has 0 bridgehead atoms. The van der Waals surface area contributed by atoms with Gasteiger partial charge in [0.1, 0.15) is 39.2 Å². The molecule has 0 saturated carbocycles. The Morgan fingerprint density at radius 3 is 1.58 bits per heavy atom. The second kappa shape index (κ2) is 13.8. The van der Waals surface area contributed by atoms with E-state index in [4.69, 9.17) is 15.0 Å². The Morgan fingerprint density at radius 2 is 0.807 bits per heavy atom. The maximum atomic E-state index is 5.33. The standard InChI is InChI=1S/C49H36B5N3/c50-42-41(43(51)45(53)46(54)44(42)52)49-56-47(55-48(57-49)40-26-32-10-2-4-15-37(32)38-16-5-6-17-39(38)40)34-13-7-12-28(25-34)29-19-20-31-24-33(22-21-30(31)23-29)36-18-8-11-27-9-1-3-14-35(27)36/h1-26H,50-54H2. The number of benzene rings is 9. The van der Waals surface area contributed by atoms with Gasteiger partial charge >= 0.3 is 0 Å². The molecule has 262 valence electrons. The van der Waals surface area contributed by atoms with Crippen molar-refractivity contribution in [2.75, 3.05) is 0 Å². The van der Waals surface area contributed by atoms with Crippen LogP contribution in [0.3, 0.4) is 0 Å². The van der Waals surface area contributed by atoms with Gasteiger partial charge in [-0.3, -0.25) is 0 Å². The molecule has 57 heavy (non-hydrogen) atoms. The van der Waals surface area contributed by atoms with Crippen LogP contribution < -0.4 is 27.3 Å². The molecule has 0 unspecified atom stereocenters. The van der Waals surface area contributed by atoms with Gasteiger partial charge in [0.15, 0.2) is 17.5 Å².